The number of nitrogens with zero attached hydrogens (tertiary/aromatic N) is 3. The van der Waals surface area contributed by atoms with Gasteiger partial charge in [-0.2, -0.15) is 0 Å². The molecule has 2 aliphatic rings. The van der Waals surface area contributed by atoms with Crippen LogP contribution in [0.25, 0.3) is 5.65 Å². The highest BCUT2D eigenvalue weighted by Gasteiger charge is 2.31. The number of aryl methyl sites for hydroxylation is 1. The number of carboxylic acids is 1. The number of imidazole rings is 1. The summed E-state index contributed by atoms with van der Waals surface area (Å²) in [6.45, 7) is 3.90. The summed E-state index contributed by atoms with van der Waals surface area (Å²) in [6.07, 6.45) is 4.96. The average molecular weight is 439 g/mol. The molecule has 4 heterocycles. The van der Waals surface area contributed by atoms with E-state index in [4.69, 9.17) is 9.47 Å². The highest BCUT2D eigenvalue weighted by Crippen LogP contribution is 2.41. The summed E-state index contributed by atoms with van der Waals surface area (Å²) >= 11 is 0. The van der Waals surface area contributed by atoms with E-state index in [1.54, 1.807) is 16.5 Å². The molecule has 3 aromatic rings. The molecule has 0 aliphatic carbocycles. The van der Waals surface area contributed by atoms with Crippen molar-refractivity contribution in [1.82, 2.24) is 9.38 Å². The normalized spacial score (nSPS) is 20.9. The van der Waals surface area contributed by atoms with Crippen LogP contribution in [0, 0.1) is 5.82 Å². The molecule has 1 aromatic carbocycles. The van der Waals surface area contributed by atoms with E-state index in [-0.39, 0.29) is 23.7 Å². The van der Waals surface area contributed by atoms with Crippen LogP contribution in [0.4, 0.5) is 10.1 Å². The van der Waals surface area contributed by atoms with Crippen molar-refractivity contribution < 1.29 is 23.8 Å². The maximum absolute atomic E-state index is 14.3. The number of halogens is 1. The Hall–Kier alpha value is -3.13. The van der Waals surface area contributed by atoms with Crippen molar-refractivity contribution in [3.05, 3.63) is 59.3 Å². The van der Waals surface area contributed by atoms with Crippen LogP contribution in [0.1, 0.15) is 54.0 Å². The van der Waals surface area contributed by atoms with Gasteiger partial charge in [-0.3, -0.25) is 4.40 Å². The van der Waals surface area contributed by atoms with Gasteiger partial charge in [0.1, 0.15) is 23.3 Å². The van der Waals surface area contributed by atoms with Crippen LogP contribution >= 0.6 is 0 Å². The number of carboxylic acid groups (broad SMARTS) is 1. The molecular formula is C24H26FN3O4. The Morgan fingerprint density at radius 2 is 2.19 bits per heavy atom. The van der Waals surface area contributed by atoms with Gasteiger partial charge >= 0.3 is 5.97 Å². The Morgan fingerprint density at radius 1 is 1.31 bits per heavy atom. The lowest BCUT2D eigenvalue weighted by atomic mass is 10.0. The molecule has 5 rings (SSSR count). The van der Waals surface area contributed by atoms with Crippen molar-refractivity contribution >= 4 is 17.3 Å². The van der Waals surface area contributed by atoms with Crippen LogP contribution in [0.3, 0.4) is 0 Å². The number of benzene rings is 1. The van der Waals surface area contributed by atoms with E-state index < -0.39 is 5.97 Å². The first kappa shape index (κ1) is 20.8. The Bertz CT molecular complexity index is 1160. The van der Waals surface area contributed by atoms with Gasteiger partial charge in [0.2, 0.25) is 0 Å². The van der Waals surface area contributed by atoms with Gasteiger partial charge in [-0.1, -0.05) is 6.92 Å². The predicted octanol–water partition coefficient (Wildman–Crippen LogP) is 4.24. The number of hydrogen-bond donors (Lipinski definition) is 1. The SMILES string of the molecule is CCc1nc2ccc(N3CCCC3c3cc(F)ccc3O[C@@H]3CCOC3)cn2c1C(=O)O. The second-order valence-electron chi connectivity index (χ2n) is 8.32. The first-order valence-corrected chi connectivity index (χ1v) is 11.1. The van der Waals surface area contributed by atoms with Crippen LogP contribution < -0.4 is 9.64 Å². The largest absolute Gasteiger partial charge is 0.488 e. The molecule has 168 valence electrons. The summed E-state index contributed by atoms with van der Waals surface area (Å²) < 4.78 is 27.5. The molecular weight excluding hydrogens is 413 g/mol. The Labute approximate surface area is 185 Å². The zero-order valence-corrected chi connectivity index (χ0v) is 18.0. The zero-order valence-electron chi connectivity index (χ0n) is 18.0. The minimum atomic E-state index is -0.996. The summed E-state index contributed by atoms with van der Waals surface area (Å²) in [5, 5.41) is 9.73. The third-order valence-electron chi connectivity index (χ3n) is 6.31. The summed E-state index contributed by atoms with van der Waals surface area (Å²) in [5.41, 5.74) is 3.05. The van der Waals surface area contributed by atoms with Gasteiger partial charge in [-0.15, -0.1) is 0 Å². The van der Waals surface area contributed by atoms with Crippen LogP contribution in [0.2, 0.25) is 0 Å². The lowest BCUT2D eigenvalue weighted by molar-refractivity contribution is 0.0688. The van der Waals surface area contributed by atoms with Crippen LogP contribution in [-0.4, -0.2) is 46.3 Å². The molecule has 0 amide bonds. The molecule has 2 saturated heterocycles. The quantitative estimate of drug-likeness (QED) is 0.619. The Balaban J connectivity index is 1.53. The van der Waals surface area contributed by atoms with Crippen molar-refractivity contribution in [2.24, 2.45) is 0 Å². The molecule has 0 bridgehead atoms. The van der Waals surface area contributed by atoms with E-state index in [0.29, 0.717) is 36.7 Å². The van der Waals surface area contributed by atoms with Crippen molar-refractivity contribution in [2.75, 3.05) is 24.7 Å². The van der Waals surface area contributed by atoms with Crippen LogP contribution in [0.15, 0.2) is 36.5 Å². The van der Waals surface area contributed by atoms with Gasteiger partial charge in [0.05, 0.1) is 30.6 Å². The van der Waals surface area contributed by atoms with Gasteiger partial charge in [0.15, 0.2) is 5.69 Å². The van der Waals surface area contributed by atoms with Gasteiger partial charge in [0.25, 0.3) is 0 Å². The van der Waals surface area contributed by atoms with Crippen molar-refractivity contribution in [1.29, 1.82) is 0 Å². The topological polar surface area (TPSA) is 76.3 Å². The van der Waals surface area contributed by atoms with Crippen LogP contribution in [-0.2, 0) is 11.2 Å². The fraction of sp³-hybridized carbons (Fsp3) is 0.417. The lowest BCUT2D eigenvalue weighted by Gasteiger charge is -2.29. The molecule has 0 spiro atoms. The van der Waals surface area contributed by atoms with Gasteiger partial charge in [-0.05, 0) is 49.6 Å². The molecule has 2 atom stereocenters. The zero-order chi connectivity index (χ0) is 22.2. The number of pyridine rings is 1. The molecule has 8 heteroatoms. The molecule has 7 nitrogen and oxygen atoms in total. The third kappa shape index (κ3) is 3.68. The summed E-state index contributed by atoms with van der Waals surface area (Å²) in [5.74, 6) is -0.612. The molecule has 2 aliphatic heterocycles. The molecule has 2 fully saturated rings. The number of ether oxygens (including phenoxy) is 2. The standard InChI is InChI=1S/C24H26FN3O4/c1-2-19-23(24(29)30)28-13-16(6-8-22(28)26-19)27-10-3-4-20(27)18-12-15(25)5-7-21(18)32-17-9-11-31-14-17/h5-8,12-13,17,20H,2-4,9-11,14H2,1H3,(H,29,30)/t17-,20?/m1/s1. The summed E-state index contributed by atoms with van der Waals surface area (Å²) in [7, 11) is 0. The van der Waals surface area contributed by atoms with E-state index in [9.17, 15) is 14.3 Å². The predicted molar refractivity (Wildman–Crippen MR) is 117 cm³/mol. The third-order valence-corrected chi connectivity index (χ3v) is 6.31. The van der Waals surface area contributed by atoms with Crippen molar-refractivity contribution in [2.45, 2.75) is 44.8 Å². The number of aromatic carboxylic acids is 1. The van der Waals surface area contributed by atoms with E-state index in [1.807, 2.05) is 25.3 Å². The first-order chi connectivity index (χ1) is 15.5. The van der Waals surface area contributed by atoms with E-state index in [2.05, 4.69) is 9.88 Å². The fourth-order valence-electron chi connectivity index (χ4n) is 4.80. The smallest absolute Gasteiger partial charge is 0.354 e. The average Bonchev–Trinajstić information content (AvgIpc) is 3.53. The maximum atomic E-state index is 14.3. The summed E-state index contributed by atoms with van der Waals surface area (Å²) in [4.78, 5) is 18.5. The first-order valence-electron chi connectivity index (χ1n) is 11.1. The molecule has 1 unspecified atom stereocenters. The van der Waals surface area contributed by atoms with Crippen LogP contribution in [0.5, 0.6) is 5.75 Å². The Kier molecular flexibility index (Phi) is 5.46. The van der Waals surface area contributed by atoms with Gasteiger partial charge < -0.3 is 19.5 Å². The van der Waals surface area contributed by atoms with Gasteiger partial charge in [-0.25, -0.2) is 14.2 Å². The van der Waals surface area contributed by atoms with Crippen molar-refractivity contribution in [3.63, 3.8) is 0 Å². The number of fused-ring (bicyclic) bond motifs is 1. The minimum absolute atomic E-state index is 0.0260. The minimum Gasteiger partial charge on any atom is -0.488 e. The number of hydrogen-bond acceptors (Lipinski definition) is 5. The summed E-state index contributed by atoms with van der Waals surface area (Å²) in [6, 6.07) is 8.42. The maximum Gasteiger partial charge on any atom is 0.354 e. The Morgan fingerprint density at radius 3 is 2.94 bits per heavy atom. The number of rotatable bonds is 6. The lowest BCUT2D eigenvalue weighted by Crippen LogP contribution is -2.25. The van der Waals surface area contributed by atoms with E-state index in [1.165, 1.54) is 6.07 Å². The van der Waals surface area contributed by atoms with E-state index in [0.717, 1.165) is 37.1 Å². The monoisotopic (exact) mass is 439 g/mol. The number of anilines is 1. The molecule has 2 aromatic heterocycles. The van der Waals surface area contributed by atoms with E-state index >= 15 is 0 Å². The van der Waals surface area contributed by atoms with Gasteiger partial charge in [0, 0.05) is 24.7 Å². The second-order valence-corrected chi connectivity index (χ2v) is 8.32. The molecule has 0 saturated carbocycles. The highest BCUT2D eigenvalue weighted by molar-refractivity contribution is 5.88. The molecule has 32 heavy (non-hydrogen) atoms. The number of aromatic nitrogens is 2. The van der Waals surface area contributed by atoms with Crippen molar-refractivity contribution in [3.8, 4) is 5.75 Å². The second kappa shape index (κ2) is 8.43. The number of carbonyl (C=O) groups is 1. The molecule has 0 radical (unpaired) electrons. The molecule has 1 N–H and O–H groups in total. The highest BCUT2D eigenvalue weighted by atomic mass is 19.1. The fourth-order valence-corrected chi connectivity index (χ4v) is 4.80.